The summed E-state index contributed by atoms with van der Waals surface area (Å²) in [6.07, 6.45) is 3.75. The topological polar surface area (TPSA) is 72.3 Å². The quantitative estimate of drug-likeness (QED) is 0.754. The van der Waals surface area contributed by atoms with Crippen molar-refractivity contribution in [1.82, 2.24) is 19.9 Å². The van der Waals surface area contributed by atoms with E-state index < -0.39 is 0 Å². The molecule has 7 nitrogen and oxygen atoms in total. The first-order chi connectivity index (χ1) is 13.6. The highest BCUT2D eigenvalue weighted by molar-refractivity contribution is 5.95. The van der Waals surface area contributed by atoms with Crippen molar-refractivity contribution in [3.8, 4) is 11.3 Å². The third-order valence-corrected chi connectivity index (χ3v) is 5.24. The fourth-order valence-electron chi connectivity index (χ4n) is 3.51. The number of carbonyl (C=O) groups is 1. The summed E-state index contributed by atoms with van der Waals surface area (Å²) in [6, 6.07) is 8.21. The largest absolute Gasteiger partial charge is 0.355 e. The summed E-state index contributed by atoms with van der Waals surface area (Å²) in [5.41, 5.74) is 2.13. The summed E-state index contributed by atoms with van der Waals surface area (Å²) in [4.78, 5) is 23.3. The molecule has 1 fully saturated rings. The minimum atomic E-state index is -0.339. The number of carbonyl (C=O) groups excluding carboxylic acids is 1. The van der Waals surface area contributed by atoms with Gasteiger partial charge < -0.3 is 14.6 Å². The van der Waals surface area contributed by atoms with Crippen LogP contribution in [0.25, 0.3) is 22.0 Å². The number of nitrogens with one attached hydrogen (secondary N) is 1. The molecule has 4 rings (SSSR count). The predicted octanol–water partition coefficient (Wildman–Crippen LogP) is 2.63. The third kappa shape index (κ3) is 3.39. The van der Waals surface area contributed by atoms with Crippen molar-refractivity contribution >= 4 is 22.5 Å². The zero-order valence-corrected chi connectivity index (χ0v) is 16.5. The minimum Gasteiger partial charge on any atom is -0.355 e. The molecule has 0 saturated carbocycles. The van der Waals surface area contributed by atoms with Crippen LogP contribution in [0.1, 0.15) is 19.2 Å². The van der Waals surface area contributed by atoms with Gasteiger partial charge in [0.1, 0.15) is 11.6 Å². The number of fused-ring (bicyclic) bond motifs is 1. The molecule has 1 unspecified atom stereocenters. The van der Waals surface area contributed by atoms with Crippen LogP contribution in [-0.4, -0.2) is 46.4 Å². The van der Waals surface area contributed by atoms with Crippen LogP contribution < -0.4 is 10.2 Å². The molecular weight excluding hydrogens is 354 g/mol. The highest BCUT2D eigenvalue weighted by Gasteiger charge is 2.27. The average molecular weight is 379 g/mol. The zero-order chi connectivity index (χ0) is 19.7. The second-order valence-corrected chi connectivity index (χ2v) is 7.00. The summed E-state index contributed by atoms with van der Waals surface area (Å²) in [5.74, 6) is 1.58. The number of benzene rings is 1. The summed E-state index contributed by atoms with van der Waals surface area (Å²) in [6.45, 7) is 5.81. The maximum absolute atomic E-state index is 12.7. The number of aryl methyl sites for hydroxylation is 1. The lowest BCUT2D eigenvalue weighted by Crippen LogP contribution is -2.52. The number of amides is 1. The van der Waals surface area contributed by atoms with Crippen LogP contribution in [0.4, 0.5) is 5.82 Å². The molecule has 3 aromatic rings. The van der Waals surface area contributed by atoms with E-state index in [1.807, 2.05) is 39.4 Å². The first-order valence-corrected chi connectivity index (χ1v) is 9.61. The molecule has 28 heavy (non-hydrogen) atoms. The number of ether oxygens (including phenoxy) is 1. The van der Waals surface area contributed by atoms with Crippen LogP contribution in [-0.2, 0) is 16.6 Å². The Morgan fingerprint density at radius 2 is 2.14 bits per heavy atom. The van der Waals surface area contributed by atoms with E-state index in [2.05, 4.69) is 38.1 Å². The summed E-state index contributed by atoms with van der Waals surface area (Å²) in [7, 11) is 2.01. The van der Waals surface area contributed by atoms with Crippen molar-refractivity contribution in [3.05, 3.63) is 42.5 Å². The van der Waals surface area contributed by atoms with Gasteiger partial charge in [-0.3, -0.25) is 9.69 Å². The lowest BCUT2D eigenvalue weighted by atomic mass is 10.1. The molecule has 1 aliphatic heterocycles. The van der Waals surface area contributed by atoms with E-state index in [0.29, 0.717) is 25.4 Å². The van der Waals surface area contributed by atoms with Gasteiger partial charge in [0.15, 0.2) is 6.23 Å². The Hall–Kier alpha value is -2.77. The molecule has 1 saturated heterocycles. The lowest BCUT2D eigenvalue weighted by molar-refractivity contribution is -0.121. The van der Waals surface area contributed by atoms with Crippen LogP contribution in [0.2, 0.25) is 0 Å². The SMILES string of the molecule is CCC(=O)N(c1cc2cc(-c3cnc(C)n3C)ccc2cn1)C1CNCCO1. The molecule has 1 amide bonds. The highest BCUT2D eigenvalue weighted by Crippen LogP contribution is 2.27. The normalized spacial score (nSPS) is 17.0. The standard InChI is InChI=1S/C21H25N5O2/c1-4-20(27)26(21-13-22-7-8-28-21)19-10-17-9-15(5-6-16(17)11-24-19)18-12-23-14(2)25(18)3/h5-6,9-12,21-22H,4,7-8,13H2,1-3H3. The number of hydrogen-bond acceptors (Lipinski definition) is 5. The van der Waals surface area contributed by atoms with Gasteiger partial charge in [-0.15, -0.1) is 0 Å². The summed E-state index contributed by atoms with van der Waals surface area (Å²) < 4.78 is 7.90. The van der Waals surface area contributed by atoms with Gasteiger partial charge in [0.25, 0.3) is 0 Å². The van der Waals surface area contributed by atoms with E-state index in [4.69, 9.17) is 4.74 Å². The van der Waals surface area contributed by atoms with Gasteiger partial charge in [-0.1, -0.05) is 19.1 Å². The van der Waals surface area contributed by atoms with Crippen LogP contribution >= 0.6 is 0 Å². The molecule has 1 N–H and O–H groups in total. The molecule has 0 bridgehead atoms. The average Bonchev–Trinajstić information content (AvgIpc) is 3.07. The van der Waals surface area contributed by atoms with Gasteiger partial charge in [-0.05, 0) is 24.4 Å². The van der Waals surface area contributed by atoms with Gasteiger partial charge in [-0.2, -0.15) is 0 Å². The number of aromatic nitrogens is 3. The van der Waals surface area contributed by atoms with Crippen LogP contribution in [0, 0.1) is 6.92 Å². The predicted molar refractivity (Wildman–Crippen MR) is 109 cm³/mol. The van der Waals surface area contributed by atoms with E-state index in [1.54, 1.807) is 4.90 Å². The molecule has 0 aliphatic carbocycles. The van der Waals surface area contributed by atoms with Crippen LogP contribution in [0.3, 0.4) is 0 Å². The first kappa shape index (κ1) is 18.6. The fourth-order valence-corrected chi connectivity index (χ4v) is 3.51. The number of nitrogens with zero attached hydrogens (tertiary/aromatic N) is 4. The van der Waals surface area contributed by atoms with E-state index in [-0.39, 0.29) is 12.1 Å². The molecule has 7 heteroatoms. The van der Waals surface area contributed by atoms with Crippen molar-refractivity contribution in [2.45, 2.75) is 26.5 Å². The second kappa shape index (κ2) is 7.69. The van der Waals surface area contributed by atoms with Gasteiger partial charge in [0.2, 0.25) is 5.91 Å². The maximum Gasteiger partial charge on any atom is 0.230 e. The number of pyridine rings is 1. The number of hydrogen-bond donors (Lipinski definition) is 1. The highest BCUT2D eigenvalue weighted by atomic mass is 16.5. The van der Waals surface area contributed by atoms with E-state index in [1.165, 1.54) is 0 Å². The Morgan fingerprint density at radius 1 is 1.29 bits per heavy atom. The molecule has 2 aromatic heterocycles. The smallest absolute Gasteiger partial charge is 0.230 e. The molecule has 1 aliphatic rings. The van der Waals surface area contributed by atoms with E-state index >= 15 is 0 Å². The third-order valence-electron chi connectivity index (χ3n) is 5.24. The van der Waals surface area contributed by atoms with Crippen LogP contribution in [0.15, 0.2) is 36.7 Å². The van der Waals surface area contributed by atoms with Crippen molar-refractivity contribution in [1.29, 1.82) is 0 Å². The molecule has 146 valence electrons. The Balaban J connectivity index is 1.76. The molecule has 0 radical (unpaired) electrons. The monoisotopic (exact) mass is 379 g/mol. The Morgan fingerprint density at radius 3 is 2.82 bits per heavy atom. The number of anilines is 1. The molecule has 1 atom stereocenters. The van der Waals surface area contributed by atoms with Crippen molar-refractivity contribution in [2.24, 2.45) is 7.05 Å². The van der Waals surface area contributed by atoms with Crippen molar-refractivity contribution < 1.29 is 9.53 Å². The number of imidazole rings is 1. The molecular formula is C21H25N5O2. The van der Waals surface area contributed by atoms with Crippen molar-refractivity contribution in [2.75, 3.05) is 24.6 Å². The Labute approximate surface area is 164 Å². The van der Waals surface area contributed by atoms with Gasteiger partial charge in [0, 0.05) is 43.7 Å². The van der Waals surface area contributed by atoms with Gasteiger partial charge >= 0.3 is 0 Å². The Kier molecular flexibility index (Phi) is 5.11. The van der Waals surface area contributed by atoms with Crippen molar-refractivity contribution in [3.63, 3.8) is 0 Å². The van der Waals surface area contributed by atoms with Gasteiger partial charge in [-0.25, -0.2) is 9.97 Å². The fraction of sp³-hybridized carbons (Fsp3) is 0.381. The molecule has 0 spiro atoms. The number of morpholine rings is 1. The first-order valence-electron chi connectivity index (χ1n) is 9.61. The number of rotatable bonds is 4. The summed E-state index contributed by atoms with van der Waals surface area (Å²) in [5, 5.41) is 5.34. The molecule has 1 aromatic carbocycles. The second-order valence-electron chi connectivity index (χ2n) is 7.00. The van der Waals surface area contributed by atoms with Crippen LogP contribution in [0.5, 0.6) is 0 Å². The van der Waals surface area contributed by atoms with E-state index in [0.717, 1.165) is 34.4 Å². The maximum atomic E-state index is 12.7. The molecule has 3 heterocycles. The summed E-state index contributed by atoms with van der Waals surface area (Å²) >= 11 is 0. The minimum absolute atomic E-state index is 0.000959. The lowest BCUT2D eigenvalue weighted by Gasteiger charge is -2.33. The zero-order valence-electron chi connectivity index (χ0n) is 16.5. The van der Waals surface area contributed by atoms with Gasteiger partial charge in [0.05, 0.1) is 18.5 Å². The Bertz CT molecular complexity index is 1010. The van der Waals surface area contributed by atoms with E-state index in [9.17, 15) is 4.79 Å².